The second-order valence-electron chi connectivity index (χ2n) is 4.60. The fourth-order valence-corrected chi connectivity index (χ4v) is 2.07. The molecular formula is C12H22N2O3. The first-order valence-electron chi connectivity index (χ1n) is 6.25. The largest absolute Gasteiger partial charge is 0.394 e. The van der Waals surface area contributed by atoms with Crippen LogP contribution in [0.4, 0.5) is 0 Å². The zero-order chi connectivity index (χ0) is 12.8. The third-order valence-electron chi connectivity index (χ3n) is 3.30. The predicted molar refractivity (Wildman–Crippen MR) is 64.3 cm³/mol. The molecule has 0 aromatic rings. The first kappa shape index (κ1) is 14.0. The number of hydrogen-bond donors (Lipinski definition) is 2. The molecule has 0 saturated carbocycles. The SMILES string of the molecule is CC[C@H](CO)NC(=O)C1CCCN(C(C)=O)C1. The number of rotatable bonds is 4. The van der Waals surface area contributed by atoms with Gasteiger partial charge in [0.15, 0.2) is 0 Å². The number of amides is 2. The van der Waals surface area contributed by atoms with E-state index in [1.54, 1.807) is 4.90 Å². The molecule has 98 valence electrons. The summed E-state index contributed by atoms with van der Waals surface area (Å²) in [5.74, 6) is -0.151. The number of aliphatic hydroxyl groups excluding tert-OH is 1. The Morgan fingerprint density at radius 1 is 1.53 bits per heavy atom. The highest BCUT2D eigenvalue weighted by molar-refractivity contribution is 5.80. The number of carbonyl (C=O) groups excluding carboxylic acids is 2. The second-order valence-corrected chi connectivity index (χ2v) is 4.60. The number of nitrogens with zero attached hydrogens (tertiary/aromatic N) is 1. The monoisotopic (exact) mass is 242 g/mol. The Balaban J connectivity index is 2.48. The van der Waals surface area contributed by atoms with E-state index in [9.17, 15) is 9.59 Å². The van der Waals surface area contributed by atoms with E-state index in [2.05, 4.69) is 5.32 Å². The maximum atomic E-state index is 11.9. The molecule has 0 bridgehead atoms. The van der Waals surface area contributed by atoms with Crippen molar-refractivity contribution in [2.75, 3.05) is 19.7 Å². The van der Waals surface area contributed by atoms with Gasteiger partial charge in [0, 0.05) is 20.0 Å². The Labute approximate surface area is 102 Å². The van der Waals surface area contributed by atoms with Crippen molar-refractivity contribution >= 4 is 11.8 Å². The van der Waals surface area contributed by atoms with Crippen LogP contribution in [0.25, 0.3) is 0 Å². The summed E-state index contributed by atoms with van der Waals surface area (Å²) in [4.78, 5) is 24.9. The van der Waals surface area contributed by atoms with Crippen LogP contribution in [-0.2, 0) is 9.59 Å². The molecule has 0 aromatic carbocycles. The predicted octanol–water partition coefficient (Wildman–Crippen LogP) is 0.132. The molecule has 1 rings (SSSR count). The van der Waals surface area contributed by atoms with Crippen LogP contribution in [0.2, 0.25) is 0 Å². The van der Waals surface area contributed by atoms with Crippen LogP contribution in [0.15, 0.2) is 0 Å². The van der Waals surface area contributed by atoms with Crippen LogP contribution in [0.1, 0.15) is 33.1 Å². The lowest BCUT2D eigenvalue weighted by Gasteiger charge is -2.32. The summed E-state index contributed by atoms with van der Waals surface area (Å²) in [6, 6.07) is -0.171. The third kappa shape index (κ3) is 4.00. The maximum Gasteiger partial charge on any atom is 0.225 e. The van der Waals surface area contributed by atoms with Crippen LogP contribution in [0.5, 0.6) is 0 Å². The van der Waals surface area contributed by atoms with Gasteiger partial charge in [0.2, 0.25) is 11.8 Å². The van der Waals surface area contributed by atoms with Gasteiger partial charge in [0.25, 0.3) is 0 Å². The lowest BCUT2D eigenvalue weighted by Crippen LogP contribution is -2.47. The highest BCUT2D eigenvalue weighted by Gasteiger charge is 2.27. The smallest absolute Gasteiger partial charge is 0.225 e. The van der Waals surface area contributed by atoms with Gasteiger partial charge < -0.3 is 15.3 Å². The minimum absolute atomic E-state index is 0.0247. The van der Waals surface area contributed by atoms with Crippen LogP contribution in [0, 0.1) is 5.92 Å². The minimum Gasteiger partial charge on any atom is -0.394 e. The molecule has 0 spiro atoms. The van der Waals surface area contributed by atoms with Gasteiger partial charge in [-0.3, -0.25) is 9.59 Å². The summed E-state index contributed by atoms with van der Waals surface area (Å²) in [6.45, 7) is 4.66. The molecule has 2 atom stereocenters. The van der Waals surface area contributed by atoms with Gasteiger partial charge in [-0.15, -0.1) is 0 Å². The van der Waals surface area contributed by atoms with E-state index in [1.165, 1.54) is 6.92 Å². The molecule has 1 aliphatic rings. The van der Waals surface area contributed by atoms with Gasteiger partial charge in [-0.2, -0.15) is 0 Å². The Morgan fingerprint density at radius 3 is 2.76 bits per heavy atom. The number of likely N-dealkylation sites (tertiary alicyclic amines) is 1. The standard InChI is InChI=1S/C12H22N2O3/c1-3-11(8-15)13-12(17)10-5-4-6-14(7-10)9(2)16/h10-11,15H,3-8H2,1-2H3,(H,13,17)/t10?,11-/m1/s1. The third-order valence-corrected chi connectivity index (χ3v) is 3.30. The molecule has 1 fully saturated rings. The molecule has 0 aliphatic carbocycles. The van der Waals surface area contributed by atoms with Crippen molar-refractivity contribution in [2.45, 2.75) is 39.2 Å². The molecule has 1 aliphatic heterocycles. The van der Waals surface area contributed by atoms with Crippen LogP contribution < -0.4 is 5.32 Å². The lowest BCUT2D eigenvalue weighted by molar-refractivity contribution is -0.134. The Hall–Kier alpha value is -1.10. The zero-order valence-corrected chi connectivity index (χ0v) is 10.6. The van der Waals surface area contributed by atoms with Gasteiger partial charge in [-0.05, 0) is 19.3 Å². The van der Waals surface area contributed by atoms with Crippen molar-refractivity contribution in [3.05, 3.63) is 0 Å². The number of carbonyl (C=O) groups is 2. The molecule has 1 heterocycles. The van der Waals surface area contributed by atoms with Gasteiger partial charge in [0.1, 0.15) is 0 Å². The highest BCUT2D eigenvalue weighted by Crippen LogP contribution is 2.16. The number of hydrogen-bond acceptors (Lipinski definition) is 3. The first-order valence-corrected chi connectivity index (χ1v) is 6.25. The lowest BCUT2D eigenvalue weighted by atomic mass is 9.96. The van der Waals surface area contributed by atoms with Crippen molar-refractivity contribution in [3.8, 4) is 0 Å². The fourth-order valence-electron chi connectivity index (χ4n) is 2.07. The van der Waals surface area contributed by atoms with Crippen molar-refractivity contribution in [1.29, 1.82) is 0 Å². The van der Waals surface area contributed by atoms with E-state index in [4.69, 9.17) is 5.11 Å². The Bertz CT molecular complexity index is 277. The highest BCUT2D eigenvalue weighted by atomic mass is 16.3. The van der Waals surface area contributed by atoms with E-state index in [1.807, 2.05) is 6.92 Å². The Kier molecular flexibility index (Phi) is 5.41. The van der Waals surface area contributed by atoms with E-state index in [0.717, 1.165) is 19.4 Å². The summed E-state index contributed by atoms with van der Waals surface area (Å²) < 4.78 is 0. The van der Waals surface area contributed by atoms with Gasteiger partial charge >= 0.3 is 0 Å². The number of piperidine rings is 1. The molecule has 5 heteroatoms. The number of aliphatic hydroxyl groups is 1. The molecule has 1 unspecified atom stereocenters. The van der Waals surface area contributed by atoms with Crippen LogP contribution in [0.3, 0.4) is 0 Å². The first-order chi connectivity index (χ1) is 8.08. The summed E-state index contributed by atoms with van der Waals surface area (Å²) in [7, 11) is 0. The molecule has 0 aromatic heterocycles. The molecule has 17 heavy (non-hydrogen) atoms. The molecule has 0 radical (unpaired) electrons. The van der Waals surface area contributed by atoms with Crippen LogP contribution >= 0.6 is 0 Å². The quantitative estimate of drug-likeness (QED) is 0.736. The molecule has 1 saturated heterocycles. The topological polar surface area (TPSA) is 69.6 Å². The molecule has 2 amide bonds. The molecule has 5 nitrogen and oxygen atoms in total. The summed E-state index contributed by atoms with van der Waals surface area (Å²) >= 11 is 0. The van der Waals surface area contributed by atoms with Crippen LogP contribution in [-0.4, -0.2) is 47.6 Å². The summed E-state index contributed by atoms with van der Waals surface area (Å²) in [5.41, 5.74) is 0. The average molecular weight is 242 g/mol. The van der Waals surface area contributed by atoms with Crippen molar-refractivity contribution in [2.24, 2.45) is 5.92 Å². The fraction of sp³-hybridized carbons (Fsp3) is 0.833. The van der Waals surface area contributed by atoms with Crippen molar-refractivity contribution < 1.29 is 14.7 Å². The van der Waals surface area contributed by atoms with Gasteiger partial charge in [0.05, 0.1) is 18.6 Å². The average Bonchev–Trinajstić information content (AvgIpc) is 2.35. The normalized spacial score (nSPS) is 22.1. The van der Waals surface area contributed by atoms with E-state index >= 15 is 0 Å². The van der Waals surface area contributed by atoms with Gasteiger partial charge in [-0.25, -0.2) is 0 Å². The summed E-state index contributed by atoms with van der Waals surface area (Å²) in [5, 5.41) is 11.9. The molecule has 2 N–H and O–H groups in total. The van der Waals surface area contributed by atoms with Gasteiger partial charge in [-0.1, -0.05) is 6.92 Å². The van der Waals surface area contributed by atoms with E-state index < -0.39 is 0 Å². The second kappa shape index (κ2) is 6.59. The summed E-state index contributed by atoms with van der Waals surface area (Å²) in [6.07, 6.45) is 2.40. The Morgan fingerprint density at radius 2 is 2.24 bits per heavy atom. The van der Waals surface area contributed by atoms with Crippen molar-refractivity contribution in [1.82, 2.24) is 10.2 Å². The molecular weight excluding hydrogens is 220 g/mol. The minimum atomic E-state index is -0.171. The maximum absolute atomic E-state index is 11.9. The van der Waals surface area contributed by atoms with E-state index in [0.29, 0.717) is 13.0 Å². The number of nitrogens with one attached hydrogen (secondary N) is 1. The van der Waals surface area contributed by atoms with E-state index in [-0.39, 0.29) is 30.4 Å². The zero-order valence-electron chi connectivity index (χ0n) is 10.6. The van der Waals surface area contributed by atoms with Crippen molar-refractivity contribution in [3.63, 3.8) is 0 Å².